The number of rotatable bonds is 2. The SMILES string of the molecule is Cc1[nH]c(C(F)(F)F)nc1CC1CCCNC1. The summed E-state index contributed by atoms with van der Waals surface area (Å²) in [7, 11) is 0. The second kappa shape index (κ2) is 4.68. The predicted octanol–water partition coefficient (Wildman–Crippen LogP) is 2.28. The van der Waals surface area contributed by atoms with Gasteiger partial charge in [0.05, 0.1) is 5.69 Å². The lowest BCUT2D eigenvalue weighted by molar-refractivity contribution is -0.144. The number of H-pyrrole nitrogens is 1. The van der Waals surface area contributed by atoms with Gasteiger partial charge < -0.3 is 10.3 Å². The molecule has 1 aliphatic rings. The Kier molecular flexibility index (Phi) is 3.42. The van der Waals surface area contributed by atoms with Gasteiger partial charge in [0.25, 0.3) is 0 Å². The minimum Gasteiger partial charge on any atom is -0.338 e. The molecule has 0 amide bonds. The van der Waals surface area contributed by atoms with Gasteiger partial charge in [-0.3, -0.25) is 0 Å². The van der Waals surface area contributed by atoms with Crippen LogP contribution in [0.15, 0.2) is 0 Å². The molecule has 1 fully saturated rings. The van der Waals surface area contributed by atoms with Gasteiger partial charge in [0, 0.05) is 5.69 Å². The van der Waals surface area contributed by atoms with E-state index in [2.05, 4.69) is 15.3 Å². The smallest absolute Gasteiger partial charge is 0.338 e. The van der Waals surface area contributed by atoms with E-state index in [9.17, 15) is 13.2 Å². The summed E-state index contributed by atoms with van der Waals surface area (Å²) in [5.41, 5.74) is 1.08. The Morgan fingerprint density at radius 3 is 2.71 bits per heavy atom. The zero-order chi connectivity index (χ0) is 12.5. The highest BCUT2D eigenvalue weighted by Gasteiger charge is 2.35. The third-order valence-corrected chi connectivity index (χ3v) is 3.14. The van der Waals surface area contributed by atoms with Crippen molar-refractivity contribution in [2.24, 2.45) is 5.92 Å². The van der Waals surface area contributed by atoms with Crippen molar-refractivity contribution in [3.8, 4) is 0 Å². The van der Waals surface area contributed by atoms with Crippen LogP contribution < -0.4 is 5.32 Å². The minimum absolute atomic E-state index is 0.395. The van der Waals surface area contributed by atoms with Gasteiger partial charge in [-0.05, 0) is 45.2 Å². The summed E-state index contributed by atoms with van der Waals surface area (Å²) < 4.78 is 37.4. The molecular formula is C11H16F3N3. The number of hydrogen-bond donors (Lipinski definition) is 2. The largest absolute Gasteiger partial charge is 0.449 e. The van der Waals surface area contributed by atoms with Crippen LogP contribution in [0.25, 0.3) is 0 Å². The topological polar surface area (TPSA) is 40.7 Å². The van der Waals surface area contributed by atoms with E-state index in [1.54, 1.807) is 6.92 Å². The van der Waals surface area contributed by atoms with Crippen LogP contribution in [0.5, 0.6) is 0 Å². The van der Waals surface area contributed by atoms with Crippen LogP contribution in [0.4, 0.5) is 13.2 Å². The highest BCUT2D eigenvalue weighted by atomic mass is 19.4. The molecule has 17 heavy (non-hydrogen) atoms. The number of aryl methyl sites for hydroxylation is 1. The summed E-state index contributed by atoms with van der Waals surface area (Å²) in [6.45, 7) is 3.52. The number of imidazole rings is 1. The molecule has 0 aliphatic carbocycles. The van der Waals surface area contributed by atoms with E-state index >= 15 is 0 Å². The number of aromatic nitrogens is 2. The normalized spacial score (nSPS) is 21.8. The summed E-state index contributed by atoms with van der Waals surface area (Å²) in [5.74, 6) is -0.486. The summed E-state index contributed by atoms with van der Waals surface area (Å²) >= 11 is 0. The predicted molar refractivity (Wildman–Crippen MR) is 57.6 cm³/mol. The molecule has 1 aromatic heterocycles. The van der Waals surface area contributed by atoms with Crippen LogP contribution in [0, 0.1) is 12.8 Å². The van der Waals surface area contributed by atoms with E-state index in [1.165, 1.54) is 0 Å². The molecule has 3 nitrogen and oxygen atoms in total. The van der Waals surface area contributed by atoms with Gasteiger partial charge in [0.15, 0.2) is 0 Å². The first-order valence-electron chi connectivity index (χ1n) is 5.80. The molecule has 1 unspecified atom stereocenters. The van der Waals surface area contributed by atoms with E-state index in [4.69, 9.17) is 0 Å². The van der Waals surface area contributed by atoms with E-state index in [0.29, 0.717) is 23.7 Å². The first kappa shape index (κ1) is 12.4. The molecule has 0 saturated carbocycles. The van der Waals surface area contributed by atoms with E-state index in [-0.39, 0.29) is 0 Å². The van der Waals surface area contributed by atoms with Gasteiger partial charge in [0.1, 0.15) is 0 Å². The summed E-state index contributed by atoms with van der Waals surface area (Å²) in [5, 5.41) is 3.25. The minimum atomic E-state index is -4.38. The van der Waals surface area contributed by atoms with E-state index in [1.807, 2.05) is 0 Å². The molecule has 1 saturated heterocycles. The van der Waals surface area contributed by atoms with Crippen LogP contribution in [0.2, 0.25) is 0 Å². The van der Waals surface area contributed by atoms with E-state index < -0.39 is 12.0 Å². The number of alkyl halides is 3. The second-order valence-electron chi connectivity index (χ2n) is 4.57. The highest BCUT2D eigenvalue weighted by Crippen LogP contribution is 2.28. The van der Waals surface area contributed by atoms with Gasteiger partial charge >= 0.3 is 6.18 Å². The van der Waals surface area contributed by atoms with Crippen molar-refractivity contribution < 1.29 is 13.2 Å². The Balaban J connectivity index is 2.07. The number of halogens is 3. The Labute approximate surface area is 97.8 Å². The fraction of sp³-hybridized carbons (Fsp3) is 0.727. The summed E-state index contributed by atoms with van der Waals surface area (Å²) in [6, 6.07) is 0. The van der Waals surface area contributed by atoms with Crippen molar-refractivity contribution in [3.05, 3.63) is 17.2 Å². The first-order valence-corrected chi connectivity index (χ1v) is 5.80. The van der Waals surface area contributed by atoms with Crippen molar-refractivity contribution in [1.82, 2.24) is 15.3 Å². The summed E-state index contributed by atoms with van der Waals surface area (Å²) in [6.07, 6.45) is -1.62. The summed E-state index contributed by atoms with van der Waals surface area (Å²) in [4.78, 5) is 5.98. The maximum atomic E-state index is 12.5. The van der Waals surface area contributed by atoms with Crippen LogP contribution in [0.3, 0.4) is 0 Å². The Bertz CT molecular complexity index is 378. The van der Waals surface area contributed by atoms with Gasteiger partial charge in [-0.2, -0.15) is 13.2 Å². The third kappa shape index (κ3) is 3.00. The molecular weight excluding hydrogens is 231 g/mol. The molecule has 2 heterocycles. The van der Waals surface area contributed by atoms with Crippen molar-refractivity contribution in [2.75, 3.05) is 13.1 Å². The lowest BCUT2D eigenvalue weighted by Crippen LogP contribution is -2.31. The molecule has 1 aliphatic heterocycles. The van der Waals surface area contributed by atoms with E-state index in [0.717, 1.165) is 25.9 Å². The van der Waals surface area contributed by atoms with Crippen molar-refractivity contribution in [3.63, 3.8) is 0 Å². The third-order valence-electron chi connectivity index (χ3n) is 3.14. The number of piperidine rings is 1. The molecule has 0 radical (unpaired) electrons. The average molecular weight is 247 g/mol. The molecule has 0 aromatic carbocycles. The fourth-order valence-corrected chi connectivity index (χ4v) is 2.20. The van der Waals surface area contributed by atoms with Gasteiger partial charge in [-0.25, -0.2) is 4.98 Å². The van der Waals surface area contributed by atoms with Gasteiger partial charge in [-0.15, -0.1) is 0 Å². The number of nitrogens with zero attached hydrogens (tertiary/aromatic N) is 1. The Morgan fingerprint density at radius 2 is 2.18 bits per heavy atom. The zero-order valence-corrected chi connectivity index (χ0v) is 9.69. The lowest BCUT2D eigenvalue weighted by atomic mass is 9.94. The molecule has 1 atom stereocenters. The van der Waals surface area contributed by atoms with Crippen LogP contribution in [-0.4, -0.2) is 23.1 Å². The molecule has 6 heteroatoms. The zero-order valence-electron chi connectivity index (χ0n) is 9.69. The van der Waals surface area contributed by atoms with Crippen molar-refractivity contribution in [1.29, 1.82) is 0 Å². The first-order chi connectivity index (χ1) is 7.97. The van der Waals surface area contributed by atoms with Gasteiger partial charge in [0.2, 0.25) is 5.82 Å². The molecule has 1 aromatic rings. The second-order valence-corrected chi connectivity index (χ2v) is 4.57. The Morgan fingerprint density at radius 1 is 1.41 bits per heavy atom. The molecule has 96 valence electrons. The molecule has 0 bridgehead atoms. The van der Waals surface area contributed by atoms with Crippen molar-refractivity contribution in [2.45, 2.75) is 32.4 Å². The maximum absolute atomic E-state index is 12.5. The lowest BCUT2D eigenvalue weighted by Gasteiger charge is -2.21. The number of aromatic amines is 1. The van der Waals surface area contributed by atoms with Crippen LogP contribution >= 0.6 is 0 Å². The monoisotopic (exact) mass is 247 g/mol. The standard InChI is InChI=1S/C11H16F3N3/c1-7-9(5-8-3-2-4-15-6-8)17-10(16-7)11(12,13)14/h8,15H,2-6H2,1H3,(H,16,17). The Hall–Kier alpha value is -1.04. The highest BCUT2D eigenvalue weighted by molar-refractivity contribution is 5.15. The quantitative estimate of drug-likeness (QED) is 0.841. The van der Waals surface area contributed by atoms with Crippen LogP contribution in [-0.2, 0) is 12.6 Å². The van der Waals surface area contributed by atoms with Crippen molar-refractivity contribution >= 4 is 0 Å². The van der Waals surface area contributed by atoms with Crippen LogP contribution in [0.1, 0.15) is 30.1 Å². The van der Waals surface area contributed by atoms with Gasteiger partial charge in [-0.1, -0.05) is 0 Å². The molecule has 2 rings (SSSR count). The number of nitrogens with one attached hydrogen (secondary N) is 2. The number of hydrogen-bond acceptors (Lipinski definition) is 2. The molecule has 0 spiro atoms. The molecule has 2 N–H and O–H groups in total. The fourth-order valence-electron chi connectivity index (χ4n) is 2.20. The average Bonchev–Trinajstić information content (AvgIpc) is 2.62. The maximum Gasteiger partial charge on any atom is 0.449 e.